The fourth-order valence-corrected chi connectivity index (χ4v) is 2.20. The van der Waals surface area contributed by atoms with Crippen LogP contribution in [0.15, 0.2) is 36.7 Å². The fraction of sp³-hybridized carbons (Fsp3) is 0.389. The first-order valence-electron chi connectivity index (χ1n) is 8.19. The van der Waals surface area contributed by atoms with Crippen LogP contribution >= 0.6 is 0 Å². The van der Waals surface area contributed by atoms with Crippen molar-refractivity contribution >= 4 is 11.9 Å². The zero-order valence-electron chi connectivity index (χ0n) is 14.6. The van der Waals surface area contributed by atoms with Crippen LogP contribution in [0.2, 0.25) is 0 Å². The Balaban J connectivity index is 1.76. The van der Waals surface area contributed by atoms with Gasteiger partial charge in [-0.3, -0.25) is 4.79 Å². The van der Waals surface area contributed by atoms with Crippen molar-refractivity contribution in [3.63, 3.8) is 0 Å². The second kappa shape index (κ2) is 10.2. The number of carbonyl (C=O) groups excluding carboxylic acids is 1. The minimum Gasteiger partial charge on any atom is -0.497 e. The summed E-state index contributed by atoms with van der Waals surface area (Å²) < 4.78 is 10.1. The molecule has 0 unspecified atom stereocenters. The zero-order chi connectivity index (χ0) is 17.9. The topological polar surface area (TPSA) is 85.4 Å². The fourth-order valence-electron chi connectivity index (χ4n) is 2.20. The van der Waals surface area contributed by atoms with E-state index in [1.54, 1.807) is 14.2 Å². The van der Waals surface area contributed by atoms with Crippen LogP contribution in [0.25, 0.3) is 0 Å². The van der Waals surface area contributed by atoms with Gasteiger partial charge < -0.3 is 20.1 Å². The van der Waals surface area contributed by atoms with E-state index in [9.17, 15) is 4.79 Å². The number of aromatic nitrogens is 2. The van der Waals surface area contributed by atoms with E-state index in [0.29, 0.717) is 31.2 Å². The van der Waals surface area contributed by atoms with Crippen molar-refractivity contribution in [1.29, 1.82) is 0 Å². The lowest BCUT2D eigenvalue weighted by Crippen LogP contribution is -2.25. The number of anilines is 1. The molecule has 1 aromatic heterocycles. The van der Waals surface area contributed by atoms with Gasteiger partial charge in [-0.25, -0.2) is 9.97 Å². The predicted octanol–water partition coefficient (Wildman–Crippen LogP) is 1.91. The largest absolute Gasteiger partial charge is 0.497 e. The van der Waals surface area contributed by atoms with E-state index in [-0.39, 0.29) is 5.91 Å². The molecule has 1 amide bonds. The minimum atomic E-state index is -0.181. The smallest absolute Gasteiger partial charge is 0.254 e. The lowest BCUT2D eigenvalue weighted by atomic mass is 10.1. The van der Waals surface area contributed by atoms with Crippen molar-refractivity contribution < 1.29 is 14.3 Å². The highest BCUT2D eigenvalue weighted by Gasteiger charge is 2.06. The van der Waals surface area contributed by atoms with Gasteiger partial charge in [-0.2, -0.15) is 0 Å². The van der Waals surface area contributed by atoms with E-state index < -0.39 is 0 Å². The first-order chi connectivity index (χ1) is 12.2. The van der Waals surface area contributed by atoms with Crippen molar-refractivity contribution in [3.8, 4) is 5.75 Å². The lowest BCUT2D eigenvalue weighted by Gasteiger charge is -2.07. The van der Waals surface area contributed by atoms with Crippen molar-refractivity contribution in [3.05, 3.63) is 47.8 Å². The standard InChI is InChI=1S/C18H24N4O3/c1-24-10-4-8-19-17(23)15-12-21-18(22-13-15)20-9-7-14-5-3-6-16(11-14)25-2/h3,5-6,11-13H,4,7-10H2,1-2H3,(H,19,23)(H,20,21,22). The van der Waals surface area contributed by atoms with Crippen LogP contribution in [-0.2, 0) is 11.2 Å². The van der Waals surface area contributed by atoms with Crippen molar-refractivity contribution in [2.75, 3.05) is 39.2 Å². The quantitative estimate of drug-likeness (QED) is 0.641. The minimum absolute atomic E-state index is 0.181. The summed E-state index contributed by atoms with van der Waals surface area (Å²) in [6, 6.07) is 7.92. The van der Waals surface area contributed by atoms with E-state index in [1.807, 2.05) is 24.3 Å². The van der Waals surface area contributed by atoms with Crippen molar-refractivity contribution in [2.45, 2.75) is 12.8 Å². The molecule has 0 spiro atoms. The highest BCUT2D eigenvalue weighted by molar-refractivity contribution is 5.93. The van der Waals surface area contributed by atoms with Gasteiger partial charge in [0.2, 0.25) is 5.95 Å². The molecule has 0 aliphatic heterocycles. The molecule has 0 aliphatic carbocycles. The number of nitrogens with one attached hydrogen (secondary N) is 2. The van der Waals surface area contributed by atoms with Crippen LogP contribution in [0.4, 0.5) is 5.95 Å². The molecule has 0 aliphatic rings. The SMILES string of the molecule is COCCCNC(=O)c1cnc(NCCc2cccc(OC)c2)nc1. The van der Waals surface area contributed by atoms with Crippen LogP contribution in [-0.4, -0.2) is 49.8 Å². The summed E-state index contributed by atoms with van der Waals surface area (Å²) in [6.07, 6.45) is 4.63. The van der Waals surface area contributed by atoms with Crippen LogP contribution in [0.5, 0.6) is 5.75 Å². The highest BCUT2D eigenvalue weighted by Crippen LogP contribution is 2.13. The molecule has 0 saturated carbocycles. The van der Waals surface area contributed by atoms with Gasteiger partial charge in [0.05, 0.1) is 12.7 Å². The second-order valence-electron chi connectivity index (χ2n) is 5.43. The molecular formula is C18H24N4O3. The number of hydrogen-bond donors (Lipinski definition) is 2. The Morgan fingerprint density at radius 1 is 1.16 bits per heavy atom. The Hall–Kier alpha value is -2.67. The van der Waals surface area contributed by atoms with E-state index in [1.165, 1.54) is 18.0 Å². The molecule has 7 heteroatoms. The predicted molar refractivity (Wildman–Crippen MR) is 96.0 cm³/mol. The van der Waals surface area contributed by atoms with Gasteiger partial charge in [-0.1, -0.05) is 12.1 Å². The van der Waals surface area contributed by atoms with Gasteiger partial charge >= 0.3 is 0 Å². The number of rotatable bonds is 10. The molecule has 25 heavy (non-hydrogen) atoms. The van der Waals surface area contributed by atoms with Gasteiger partial charge in [0.1, 0.15) is 5.75 Å². The summed E-state index contributed by atoms with van der Waals surface area (Å²) in [4.78, 5) is 20.3. The molecule has 7 nitrogen and oxygen atoms in total. The van der Waals surface area contributed by atoms with E-state index in [0.717, 1.165) is 18.6 Å². The molecule has 0 saturated heterocycles. The molecule has 2 N–H and O–H groups in total. The molecular weight excluding hydrogens is 320 g/mol. The van der Waals surface area contributed by atoms with Crippen LogP contribution in [0.3, 0.4) is 0 Å². The van der Waals surface area contributed by atoms with Crippen LogP contribution in [0, 0.1) is 0 Å². The van der Waals surface area contributed by atoms with Gasteiger partial charge in [0, 0.05) is 39.2 Å². The van der Waals surface area contributed by atoms with Gasteiger partial charge in [0.15, 0.2) is 0 Å². The molecule has 2 rings (SSSR count). The van der Waals surface area contributed by atoms with Gasteiger partial charge in [0.25, 0.3) is 5.91 Å². The molecule has 0 radical (unpaired) electrons. The summed E-state index contributed by atoms with van der Waals surface area (Å²) in [5.41, 5.74) is 1.61. The average Bonchev–Trinajstić information content (AvgIpc) is 2.66. The number of carbonyl (C=O) groups is 1. The first kappa shape index (κ1) is 18.7. The number of benzene rings is 1. The number of methoxy groups -OCH3 is 2. The van der Waals surface area contributed by atoms with Crippen molar-refractivity contribution in [1.82, 2.24) is 15.3 Å². The normalized spacial score (nSPS) is 10.3. The average molecular weight is 344 g/mol. The lowest BCUT2D eigenvalue weighted by molar-refractivity contribution is 0.0948. The number of hydrogen-bond acceptors (Lipinski definition) is 6. The van der Waals surface area contributed by atoms with E-state index >= 15 is 0 Å². The summed E-state index contributed by atoms with van der Waals surface area (Å²) >= 11 is 0. The molecule has 1 heterocycles. The van der Waals surface area contributed by atoms with Crippen LogP contribution in [0.1, 0.15) is 22.3 Å². The Morgan fingerprint density at radius 3 is 2.68 bits per heavy atom. The molecule has 134 valence electrons. The zero-order valence-corrected chi connectivity index (χ0v) is 14.6. The van der Waals surface area contributed by atoms with Crippen LogP contribution < -0.4 is 15.4 Å². The number of ether oxygens (including phenoxy) is 2. The summed E-state index contributed by atoms with van der Waals surface area (Å²) in [5.74, 6) is 1.16. The van der Waals surface area contributed by atoms with Gasteiger partial charge in [-0.05, 0) is 30.5 Å². The Bertz CT molecular complexity index is 662. The molecule has 1 aromatic carbocycles. The number of amides is 1. The Morgan fingerprint density at radius 2 is 1.96 bits per heavy atom. The summed E-state index contributed by atoms with van der Waals surface area (Å²) in [6.45, 7) is 1.87. The first-order valence-corrected chi connectivity index (χ1v) is 8.19. The maximum absolute atomic E-state index is 11.9. The molecule has 0 atom stereocenters. The third-order valence-corrected chi connectivity index (χ3v) is 3.56. The maximum atomic E-state index is 11.9. The third-order valence-electron chi connectivity index (χ3n) is 3.56. The van der Waals surface area contributed by atoms with Crippen molar-refractivity contribution in [2.24, 2.45) is 0 Å². The maximum Gasteiger partial charge on any atom is 0.254 e. The number of nitrogens with zero attached hydrogens (tertiary/aromatic N) is 2. The summed E-state index contributed by atoms with van der Waals surface area (Å²) in [5, 5.41) is 5.94. The Kier molecular flexibility index (Phi) is 7.65. The highest BCUT2D eigenvalue weighted by atomic mass is 16.5. The summed E-state index contributed by atoms with van der Waals surface area (Å²) in [7, 11) is 3.29. The van der Waals surface area contributed by atoms with E-state index in [4.69, 9.17) is 9.47 Å². The molecule has 0 bridgehead atoms. The van der Waals surface area contributed by atoms with Gasteiger partial charge in [-0.15, -0.1) is 0 Å². The Labute approximate surface area is 147 Å². The second-order valence-corrected chi connectivity index (χ2v) is 5.43. The molecule has 2 aromatic rings. The molecule has 0 fully saturated rings. The van der Waals surface area contributed by atoms with E-state index in [2.05, 4.69) is 20.6 Å². The third kappa shape index (κ3) is 6.39. The monoisotopic (exact) mass is 344 g/mol.